The van der Waals surface area contributed by atoms with Crippen molar-refractivity contribution in [2.24, 2.45) is 7.05 Å². The monoisotopic (exact) mass is 252 g/mol. The minimum Gasteiger partial charge on any atom is -0.480 e. The Kier molecular flexibility index (Phi) is 3.38. The van der Waals surface area contributed by atoms with Gasteiger partial charge in [0.2, 0.25) is 0 Å². The summed E-state index contributed by atoms with van der Waals surface area (Å²) in [6.07, 6.45) is 2.32. The number of aromatic nitrogens is 1. The molecule has 1 amide bonds. The molecule has 0 aromatic carbocycles. The Balaban J connectivity index is 2.17. The molecule has 18 heavy (non-hydrogen) atoms. The van der Waals surface area contributed by atoms with Crippen molar-refractivity contribution in [3.63, 3.8) is 0 Å². The molecule has 1 aromatic heterocycles. The number of aliphatic carboxylic acids is 1. The van der Waals surface area contributed by atoms with E-state index in [9.17, 15) is 14.7 Å². The molecule has 2 N–H and O–H groups in total. The number of hydrogen-bond acceptors (Lipinski definition) is 3. The minimum atomic E-state index is -1.21. The molecule has 0 aliphatic carbocycles. The molecule has 1 aliphatic rings. The molecule has 1 aromatic rings. The van der Waals surface area contributed by atoms with Crippen LogP contribution in [0.2, 0.25) is 0 Å². The second-order valence-corrected chi connectivity index (χ2v) is 4.46. The summed E-state index contributed by atoms with van der Waals surface area (Å²) in [7, 11) is 1.74. The number of amides is 1. The summed E-state index contributed by atoms with van der Waals surface area (Å²) in [5, 5.41) is 12.0. The molecule has 1 saturated heterocycles. The Hall–Kier alpha value is -1.82. The van der Waals surface area contributed by atoms with Crippen LogP contribution in [-0.2, 0) is 16.6 Å². The van der Waals surface area contributed by atoms with Crippen molar-refractivity contribution in [3.05, 3.63) is 24.0 Å². The average Bonchev–Trinajstić information content (AvgIpc) is 2.76. The fraction of sp³-hybridized carbons (Fsp3) is 0.500. The molecule has 0 saturated carbocycles. The third kappa shape index (κ3) is 2.24. The van der Waals surface area contributed by atoms with Crippen LogP contribution in [0, 0.1) is 0 Å². The molecule has 2 rings (SSSR count). The van der Waals surface area contributed by atoms with Crippen molar-refractivity contribution in [1.82, 2.24) is 9.88 Å². The van der Waals surface area contributed by atoms with E-state index in [1.54, 1.807) is 29.9 Å². The molecule has 0 bridgehead atoms. The van der Waals surface area contributed by atoms with Gasteiger partial charge >= 0.3 is 5.97 Å². The van der Waals surface area contributed by atoms with Crippen LogP contribution in [0.3, 0.4) is 0 Å². The average molecular weight is 252 g/mol. The Bertz CT molecular complexity index is 460. The molecule has 6 nitrogen and oxygen atoms in total. The number of nitrogens with zero attached hydrogens (tertiary/aromatic N) is 1. The predicted octanol–water partition coefficient (Wildman–Crippen LogP) is 0.389. The molecular weight excluding hydrogens is 236 g/mol. The van der Waals surface area contributed by atoms with Crippen LogP contribution in [-0.4, -0.2) is 40.3 Å². The molecule has 0 atom stereocenters. The lowest BCUT2D eigenvalue weighted by Crippen LogP contribution is -2.57. The van der Waals surface area contributed by atoms with Gasteiger partial charge in [0.1, 0.15) is 11.2 Å². The zero-order chi connectivity index (χ0) is 13.2. The first kappa shape index (κ1) is 12.6. The zero-order valence-corrected chi connectivity index (χ0v) is 10.2. The summed E-state index contributed by atoms with van der Waals surface area (Å²) in [5.74, 6) is -1.37. The van der Waals surface area contributed by atoms with Gasteiger partial charge in [-0.1, -0.05) is 0 Å². The summed E-state index contributed by atoms with van der Waals surface area (Å²) in [6, 6.07) is 3.40. The van der Waals surface area contributed by atoms with Gasteiger partial charge in [0.25, 0.3) is 5.91 Å². The normalized spacial score (nSPS) is 18.3. The van der Waals surface area contributed by atoms with Gasteiger partial charge in [-0.15, -0.1) is 0 Å². The van der Waals surface area contributed by atoms with Gasteiger partial charge in [0.05, 0.1) is 0 Å². The summed E-state index contributed by atoms with van der Waals surface area (Å²) in [4.78, 5) is 23.5. The highest BCUT2D eigenvalue weighted by Gasteiger charge is 2.41. The largest absolute Gasteiger partial charge is 0.480 e. The second kappa shape index (κ2) is 4.81. The van der Waals surface area contributed by atoms with Crippen molar-refractivity contribution in [2.75, 3.05) is 13.2 Å². The number of carbonyl (C=O) groups excluding carboxylic acids is 1. The fourth-order valence-corrected chi connectivity index (χ4v) is 2.09. The fourth-order valence-electron chi connectivity index (χ4n) is 2.09. The molecule has 0 unspecified atom stereocenters. The minimum absolute atomic E-state index is 0.290. The second-order valence-electron chi connectivity index (χ2n) is 4.46. The third-order valence-corrected chi connectivity index (χ3v) is 3.28. The van der Waals surface area contributed by atoms with Crippen LogP contribution < -0.4 is 5.32 Å². The van der Waals surface area contributed by atoms with E-state index in [0.29, 0.717) is 31.7 Å². The lowest BCUT2D eigenvalue weighted by Gasteiger charge is -2.33. The van der Waals surface area contributed by atoms with Crippen molar-refractivity contribution in [2.45, 2.75) is 18.4 Å². The highest BCUT2D eigenvalue weighted by Crippen LogP contribution is 2.21. The maximum atomic E-state index is 12.1. The van der Waals surface area contributed by atoms with E-state index in [4.69, 9.17) is 4.74 Å². The van der Waals surface area contributed by atoms with E-state index in [1.807, 2.05) is 0 Å². The number of carboxylic acids is 1. The highest BCUT2D eigenvalue weighted by molar-refractivity contribution is 5.96. The first-order valence-corrected chi connectivity index (χ1v) is 5.80. The zero-order valence-electron chi connectivity index (χ0n) is 10.2. The van der Waals surface area contributed by atoms with Gasteiger partial charge in [-0.2, -0.15) is 0 Å². The molecule has 1 fully saturated rings. The van der Waals surface area contributed by atoms with E-state index >= 15 is 0 Å². The van der Waals surface area contributed by atoms with E-state index in [0.717, 1.165) is 0 Å². The maximum absolute atomic E-state index is 12.1. The van der Waals surface area contributed by atoms with Gasteiger partial charge < -0.3 is 19.7 Å². The number of hydrogen-bond donors (Lipinski definition) is 2. The Labute approximate surface area is 105 Å². The molecule has 98 valence electrons. The Morgan fingerprint density at radius 1 is 1.44 bits per heavy atom. The Morgan fingerprint density at radius 2 is 2.11 bits per heavy atom. The number of carbonyl (C=O) groups is 2. The SMILES string of the molecule is Cn1cccc1C(=O)NC1(C(=O)O)CCOCC1. The van der Waals surface area contributed by atoms with E-state index in [-0.39, 0.29) is 5.91 Å². The lowest BCUT2D eigenvalue weighted by molar-refractivity contribution is -0.148. The number of carboxylic acid groups (broad SMARTS) is 1. The molecule has 6 heteroatoms. The molecule has 0 radical (unpaired) electrons. The number of aryl methyl sites for hydroxylation is 1. The van der Waals surface area contributed by atoms with Crippen molar-refractivity contribution >= 4 is 11.9 Å². The van der Waals surface area contributed by atoms with Crippen molar-refractivity contribution in [1.29, 1.82) is 0 Å². The lowest BCUT2D eigenvalue weighted by atomic mass is 9.90. The topological polar surface area (TPSA) is 80.6 Å². The van der Waals surface area contributed by atoms with E-state index in [2.05, 4.69) is 5.32 Å². The van der Waals surface area contributed by atoms with Crippen LogP contribution in [0.15, 0.2) is 18.3 Å². The third-order valence-electron chi connectivity index (χ3n) is 3.28. The van der Waals surface area contributed by atoms with Crippen LogP contribution in [0.5, 0.6) is 0 Å². The number of nitrogens with one attached hydrogen (secondary N) is 1. The molecule has 1 aliphatic heterocycles. The summed E-state index contributed by atoms with van der Waals surface area (Å²) >= 11 is 0. The van der Waals surface area contributed by atoms with Crippen LogP contribution in [0.4, 0.5) is 0 Å². The van der Waals surface area contributed by atoms with Crippen LogP contribution in [0.25, 0.3) is 0 Å². The van der Waals surface area contributed by atoms with E-state index < -0.39 is 11.5 Å². The predicted molar refractivity (Wildman–Crippen MR) is 63.3 cm³/mol. The van der Waals surface area contributed by atoms with Gasteiger partial charge in [-0.05, 0) is 12.1 Å². The van der Waals surface area contributed by atoms with Crippen molar-refractivity contribution in [3.8, 4) is 0 Å². The quantitative estimate of drug-likeness (QED) is 0.815. The van der Waals surface area contributed by atoms with Gasteiger partial charge in [-0.3, -0.25) is 4.79 Å². The van der Waals surface area contributed by atoms with Gasteiger partial charge in [-0.25, -0.2) is 4.79 Å². The van der Waals surface area contributed by atoms with E-state index in [1.165, 1.54) is 0 Å². The van der Waals surface area contributed by atoms with Gasteiger partial charge in [0, 0.05) is 39.3 Å². The standard InChI is InChI=1S/C12H16N2O4/c1-14-6-2-3-9(14)10(15)13-12(11(16)17)4-7-18-8-5-12/h2-3,6H,4-5,7-8H2,1H3,(H,13,15)(H,16,17). The van der Waals surface area contributed by atoms with Crippen LogP contribution in [0.1, 0.15) is 23.3 Å². The maximum Gasteiger partial charge on any atom is 0.329 e. The smallest absolute Gasteiger partial charge is 0.329 e. The number of rotatable bonds is 3. The van der Waals surface area contributed by atoms with Crippen LogP contribution >= 0.6 is 0 Å². The first-order chi connectivity index (χ1) is 8.55. The molecular formula is C12H16N2O4. The Morgan fingerprint density at radius 3 is 2.61 bits per heavy atom. The van der Waals surface area contributed by atoms with Gasteiger partial charge in [0.15, 0.2) is 0 Å². The number of ether oxygens (including phenoxy) is 1. The highest BCUT2D eigenvalue weighted by atomic mass is 16.5. The summed E-state index contributed by atoms with van der Waals surface area (Å²) in [5.41, 5.74) is -0.762. The summed E-state index contributed by atoms with van der Waals surface area (Å²) in [6.45, 7) is 0.694. The molecule has 0 spiro atoms. The molecule has 2 heterocycles. The van der Waals surface area contributed by atoms with Crippen molar-refractivity contribution < 1.29 is 19.4 Å². The summed E-state index contributed by atoms with van der Waals surface area (Å²) < 4.78 is 6.81. The first-order valence-electron chi connectivity index (χ1n) is 5.80.